The number of Topliss-reactive ketones (excluding diaryl/α,β-unsaturated/α-hetero) is 1. The maximum atomic E-state index is 11.3. The number of ether oxygens (including phenoxy) is 2. The van der Waals surface area contributed by atoms with Crippen LogP contribution >= 0.6 is 23.1 Å². The number of ketones is 1. The van der Waals surface area contributed by atoms with E-state index in [-0.39, 0.29) is 5.78 Å². The SMILES string of the molecule is COc1ccc(-c2c(C)sc3ncnc(SCCC(C)=O)c23)cc1OC. The van der Waals surface area contributed by atoms with Crippen molar-refractivity contribution in [2.45, 2.75) is 25.3 Å². The Balaban J connectivity index is 2.11. The number of hydrogen-bond donors (Lipinski definition) is 0. The van der Waals surface area contributed by atoms with Crippen LogP contribution in [0.2, 0.25) is 0 Å². The molecule has 0 atom stereocenters. The van der Waals surface area contributed by atoms with Crippen molar-refractivity contribution in [1.82, 2.24) is 9.97 Å². The van der Waals surface area contributed by atoms with Gasteiger partial charge in [-0.25, -0.2) is 9.97 Å². The van der Waals surface area contributed by atoms with Crippen LogP contribution in [0.4, 0.5) is 0 Å². The lowest BCUT2D eigenvalue weighted by Gasteiger charge is -2.11. The van der Waals surface area contributed by atoms with Crippen LogP contribution in [0.15, 0.2) is 29.6 Å². The van der Waals surface area contributed by atoms with Gasteiger partial charge in [-0.3, -0.25) is 4.79 Å². The Labute approximate surface area is 160 Å². The topological polar surface area (TPSA) is 61.3 Å². The highest BCUT2D eigenvalue weighted by Gasteiger charge is 2.18. The summed E-state index contributed by atoms with van der Waals surface area (Å²) in [5.41, 5.74) is 2.14. The largest absolute Gasteiger partial charge is 0.493 e. The van der Waals surface area contributed by atoms with Crippen molar-refractivity contribution >= 4 is 39.1 Å². The minimum Gasteiger partial charge on any atom is -0.493 e. The van der Waals surface area contributed by atoms with E-state index in [9.17, 15) is 4.79 Å². The molecule has 0 fully saturated rings. The fourth-order valence-corrected chi connectivity index (χ4v) is 4.88. The first kappa shape index (κ1) is 18.7. The number of rotatable bonds is 7. The van der Waals surface area contributed by atoms with Gasteiger partial charge in [0.2, 0.25) is 0 Å². The van der Waals surface area contributed by atoms with Crippen LogP contribution < -0.4 is 9.47 Å². The minimum atomic E-state index is 0.185. The van der Waals surface area contributed by atoms with Gasteiger partial charge in [0.1, 0.15) is 22.0 Å². The molecule has 26 heavy (non-hydrogen) atoms. The van der Waals surface area contributed by atoms with Crippen molar-refractivity contribution in [1.29, 1.82) is 0 Å². The Hall–Kier alpha value is -2.12. The molecule has 0 saturated carbocycles. The summed E-state index contributed by atoms with van der Waals surface area (Å²) in [6.07, 6.45) is 2.12. The molecule has 7 heteroatoms. The molecule has 0 spiro atoms. The molecule has 0 radical (unpaired) electrons. The Morgan fingerprint density at radius 2 is 1.96 bits per heavy atom. The Bertz CT molecular complexity index is 953. The Morgan fingerprint density at radius 1 is 1.19 bits per heavy atom. The van der Waals surface area contributed by atoms with E-state index in [4.69, 9.17) is 9.47 Å². The fraction of sp³-hybridized carbons (Fsp3) is 0.316. The van der Waals surface area contributed by atoms with Crippen molar-refractivity contribution in [2.24, 2.45) is 0 Å². The van der Waals surface area contributed by atoms with Gasteiger partial charge >= 0.3 is 0 Å². The number of nitrogens with zero attached hydrogens (tertiary/aromatic N) is 2. The first-order chi connectivity index (χ1) is 12.5. The molecule has 0 aliphatic heterocycles. The number of benzene rings is 1. The molecule has 1 aromatic carbocycles. The van der Waals surface area contributed by atoms with E-state index in [0.29, 0.717) is 23.7 Å². The van der Waals surface area contributed by atoms with Gasteiger partial charge in [-0.05, 0) is 31.5 Å². The average Bonchev–Trinajstić information content (AvgIpc) is 2.97. The molecule has 0 N–H and O–H groups in total. The summed E-state index contributed by atoms with van der Waals surface area (Å²) < 4.78 is 10.8. The molecule has 0 bridgehead atoms. The monoisotopic (exact) mass is 388 g/mol. The highest BCUT2D eigenvalue weighted by Crippen LogP contribution is 2.43. The molecule has 5 nitrogen and oxygen atoms in total. The van der Waals surface area contributed by atoms with Gasteiger partial charge in [-0.2, -0.15) is 0 Å². The van der Waals surface area contributed by atoms with E-state index >= 15 is 0 Å². The van der Waals surface area contributed by atoms with E-state index in [1.54, 1.807) is 50.6 Å². The van der Waals surface area contributed by atoms with Crippen molar-refractivity contribution in [3.8, 4) is 22.6 Å². The molecule has 0 unspecified atom stereocenters. The zero-order valence-corrected chi connectivity index (χ0v) is 16.8. The second-order valence-corrected chi connectivity index (χ2v) is 8.05. The molecule has 3 aromatic rings. The van der Waals surface area contributed by atoms with Crippen molar-refractivity contribution in [3.63, 3.8) is 0 Å². The molecule has 136 valence electrons. The number of carbonyl (C=O) groups excluding carboxylic acids is 1. The van der Waals surface area contributed by atoms with E-state index in [2.05, 4.69) is 16.9 Å². The van der Waals surface area contributed by atoms with Gasteiger partial charge < -0.3 is 9.47 Å². The van der Waals surface area contributed by atoms with Crippen LogP contribution in [-0.2, 0) is 4.79 Å². The van der Waals surface area contributed by atoms with E-state index in [0.717, 1.165) is 26.4 Å². The van der Waals surface area contributed by atoms with Crippen LogP contribution in [0.1, 0.15) is 18.2 Å². The number of thiophene rings is 1. The summed E-state index contributed by atoms with van der Waals surface area (Å²) in [7, 11) is 3.26. The molecule has 2 aromatic heterocycles. The van der Waals surface area contributed by atoms with Crippen LogP contribution in [-0.4, -0.2) is 35.7 Å². The van der Waals surface area contributed by atoms with Crippen molar-refractivity contribution in [2.75, 3.05) is 20.0 Å². The van der Waals surface area contributed by atoms with E-state index in [1.807, 2.05) is 18.2 Å². The number of aryl methyl sites for hydroxylation is 1. The maximum Gasteiger partial charge on any atom is 0.161 e. The van der Waals surface area contributed by atoms with E-state index in [1.165, 1.54) is 4.88 Å². The second kappa shape index (κ2) is 8.05. The van der Waals surface area contributed by atoms with E-state index < -0.39 is 0 Å². The molecule has 0 aliphatic rings. The average molecular weight is 389 g/mol. The highest BCUT2D eigenvalue weighted by molar-refractivity contribution is 7.99. The van der Waals surface area contributed by atoms with Crippen LogP contribution in [0.5, 0.6) is 11.5 Å². The maximum absolute atomic E-state index is 11.3. The number of aromatic nitrogens is 2. The molecular weight excluding hydrogens is 368 g/mol. The van der Waals surface area contributed by atoms with Crippen molar-refractivity contribution < 1.29 is 14.3 Å². The van der Waals surface area contributed by atoms with Gasteiger partial charge in [0, 0.05) is 22.6 Å². The number of fused-ring (bicyclic) bond motifs is 1. The first-order valence-corrected chi connectivity index (χ1v) is 9.94. The zero-order chi connectivity index (χ0) is 18.7. The Morgan fingerprint density at radius 3 is 2.65 bits per heavy atom. The van der Waals surface area contributed by atoms with Gasteiger partial charge in [-0.1, -0.05) is 6.07 Å². The lowest BCUT2D eigenvalue weighted by atomic mass is 10.0. The molecule has 0 amide bonds. The van der Waals surface area contributed by atoms with Crippen molar-refractivity contribution in [3.05, 3.63) is 29.4 Å². The van der Waals surface area contributed by atoms with Crippen LogP contribution in [0.3, 0.4) is 0 Å². The van der Waals surface area contributed by atoms with Gasteiger partial charge in [0.15, 0.2) is 11.5 Å². The highest BCUT2D eigenvalue weighted by atomic mass is 32.2. The summed E-state index contributed by atoms with van der Waals surface area (Å²) in [5, 5.41) is 1.95. The predicted molar refractivity (Wildman–Crippen MR) is 107 cm³/mol. The third kappa shape index (κ3) is 3.68. The predicted octanol–water partition coefficient (Wildman–Crippen LogP) is 4.76. The lowest BCUT2D eigenvalue weighted by Crippen LogP contribution is -1.94. The lowest BCUT2D eigenvalue weighted by molar-refractivity contribution is -0.116. The Kier molecular flexibility index (Phi) is 5.78. The molecule has 2 heterocycles. The third-order valence-corrected chi connectivity index (χ3v) is 6.00. The summed E-state index contributed by atoms with van der Waals surface area (Å²) in [4.78, 5) is 22.3. The van der Waals surface area contributed by atoms with Crippen LogP contribution in [0, 0.1) is 6.92 Å². The standard InChI is InChI=1S/C19H20N2O3S2/c1-11(22)7-8-25-18-17-16(12(2)26-19(17)21-10-20-18)13-5-6-14(23-3)15(9-13)24-4/h5-6,9-10H,7-8H2,1-4H3. The fourth-order valence-electron chi connectivity index (χ4n) is 2.76. The summed E-state index contributed by atoms with van der Waals surface area (Å²) in [5.74, 6) is 2.28. The summed E-state index contributed by atoms with van der Waals surface area (Å²) >= 11 is 3.24. The third-order valence-electron chi connectivity index (χ3n) is 3.99. The van der Waals surface area contributed by atoms with Gasteiger partial charge in [0.05, 0.1) is 19.6 Å². The quantitative estimate of drug-likeness (QED) is 0.430. The van der Waals surface area contributed by atoms with Gasteiger partial charge in [-0.15, -0.1) is 23.1 Å². The zero-order valence-electron chi connectivity index (χ0n) is 15.2. The number of thioether (sulfide) groups is 1. The molecule has 0 aliphatic carbocycles. The molecular formula is C19H20N2O3S2. The normalized spacial score (nSPS) is 10.9. The molecule has 0 saturated heterocycles. The number of hydrogen-bond acceptors (Lipinski definition) is 7. The number of carbonyl (C=O) groups is 1. The second-order valence-electron chi connectivity index (χ2n) is 5.76. The summed E-state index contributed by atoms with van der Waals surface area (Å²) in [6.45, 7) is 3.70. The van der Waals surface area contributed by atoms with Crippen LogP contribution in [0.25, 0.3) is 21.3 Å². The smallest absolute Gasteiger partial charge is 0.161 e. The van der Waals surface area contributed by atoms with Gasteiger partial charge in [0.25, 0.3) is 0 Å². The number of methoxy groups -OCH3 is 2. The summed E-state index contributed by atoms with van der Waals surface area (Å²) in [6, 6.07) is 5.90. The minimum absolute atomic E-state index is 0.185. The first-order valence-electron chi connectivity index (χ1n) is 8.14. The molecule has 3 rings (SSSR count).